The summed E-state index contributed by atoms with van der Waals surface area (Å²) in [5.74, 6) is 0. The third-order valence-electron chi connectivity index (χ3n) is 4.54. The quantitative estimate of drug-likeness (QED) is 0.264. The Balaban J connectivity index is 1.72. The summed E-state index contributed by atoms with van der Waals surface area (Å²) in [6, 6.07) is 36.3. The number of nitrogen functional groups attached to an aromatic ring is 1. The van der Waals surface area contributed by atoms with Crippen molar-refractivity contribution in [3.8, 4) is 11.1 Å². The zero-order valence-electron chi connectivity index (χ0n) is 15.4. The fourth-order valence-electron chi connectivity index (χ4n) is 3.11. The number of para-hydroxylation sites is 3. The molecule has 0 saturated heterocycles. The Kier molecular flexibility index (Phi) is 5.16. The maximum absolute atomic E-state index is 6.47. The van der Waals surface area contributed by atoms with Gasteiger partial charge in [-0.2, -0.15) is 5.10 Å². The van der Waals surface area contributed by atoms with Gasteiger partial charge in [0.25, 0.3) is 0 Å². The number of rotatable bonds is 5. The molecule has 136 valence electrons. The van der Waals surface area contributed by atoms with E-state index < -0.39 is 0 Å². The van der Waals surface area contributed by atoms with Crippen LogP contribution in [0.1, 0.15) is 5.56 Å². The van der Waals surface area contributed by atoms with Crippen LogP contribution in [0.5, 0.6) is 0 Å². The van der Waals surface area contributed by atoms with E-state index in [0.29, 0.717) is 0 Å². The molecule has 0 aromatic heterocycles. The minimum atomic E-state index is 0.721. The van der Waals surface area contributed by atoms with Gasteiger partial charge in [-0.05, 0) is 29.8 Å². The fourth-order valence-corrected chi connectivity index (χ4v) is 3.11. The van der Waals surface area contributed by atoms with Gasteiger partial charge in [0.2, 0.25) is 0 Å². The molecule has 2 N–H and O–H groups in total. The standard InChI is InChI=1S/C25H21N3/c26-25-21(13-10-18-24(25)20-11-4-1-5-12-20)19-27-28(22-14-6-2-7-15-22)23-16-8-3-9-17-23/h1-19H,26H2/b27-19+. The van der Waals surface area contributed by atoms with Gasteiger partial charge in [0.15, 0.2) is 0 Å². The number of hydrogen-bond acceptors (Lipinski definition) is 3. The van der Waals surface area contributed by atoms with Crippen molar-refractivity contribution >= 4 is 23.3 Å². The lowest BCUT2D eigenvalue weighted by molar-refractivity contribution is 1.09. The highest BCUT2D eigenvalue weighted by molar-refractivity contribution is 5.94. The maximum Gasteiger partial charge on any atom is 0.0652 e. The summed E-state index contributed by atoms with van der Waals surface area (Å²) in [4.78, 5) is 0. The second-order valence-electron chi connectivity index (χ2n) is 6.40. The van der Waals surface area contributed by atoms with E-state index in [2.05, 4.69) is 12.1 Å². The van der Waals surface area contributed by atoms with Crippen LogP contribution in [0.25, 0.3) is 11.1 Å². The van der Waals surface area contributed by atoms with Gasteiger partial charge in [0, 0.05) is 16.8 Å². The summed E-state index contributed by atoms with van der Waals surface area (Å²) in [5.41, 5.74) is 12.2. The molecule has 0 unspecified atom stereocenters. The van der Waals surface area contributed by atoms with E-state index in [-0.39, 0.29) is 0 Å². The molecule has 4 rings (SSSR count). The monoisotopic (exact) mass is 363 g/mol. The van der Waals surface area contributed by atoms with Crippen LogP contribution in [0.15, 0.2) is 114 Å². The van der Waals surface area contributed by atoms with Crippen molar-refractivity contribution in [2.24, 2.45) is 5.10 Å². The topological polar surface area (TPSA) is 41.6 Å². The van der Waals surface area contributed by atoms with E-state index in [1.807, 2.05) is 108 Å². The number of nitrogens with zero attached hydrogens (tertiary/aromatic N) is 2. The van der Waals surface area contributed by atoms with Gasteiger partial charge in [0.05, 0.1) is 17.6 Å². The summed E-state index contributed by atoms with van der Waals surface area (Å²) in [7, 11) is 0. The van der Waals surface area contributed by atoms with Gasteiger partial charge in [-0.15, -0.1) is 0 Å². The van der Waals surface area contributed by atoms with E-state index in [1.165, 1.54) is 0 Å². The Morgan fingerprint density at radius 2 is 1.14 bits per heavy atom. The highest BCUT2D eigenvalue weighted by Crippen LogP contribution is 2.29. The van der Waals surface area contributed by atoms with Gasteiger partial charge in [-0.25, -0.2) is 5.01 Å². The summed E-state index contributed by atoms with van der Waals surface area (Å²) in [6.45, 7) is 0. The van der Waals surface area contributed by atoms with Crippen LogP contribution in [0.4, 0.5) is 17.1 Å². The summed E-state index contributed by atoms with van der Waals surface area (Å²) in [5, 5.41) is 6.67. The molecule has 0 aliphatic rings. The molecule has 0 bridgehead atoms. The van der Waals surface area contributed by atoms with Crippen LogP contribution in [0.3, 0.4) is 0 Å². The molecule has 0 fully saturated rings. The molecule has 0 saturated carbocycles. The van der Waals surface area contributed by atoms with Crippen LogP contribution >= 0.6 is 0 Å². The molecule has 0 amide bonds. The average Bonchev–Trinajstić information content (AvgIpc) is 2.77. The van der Waals surface area contributed by atoms with Crippen LogP contribution in [-0.2, 0) is 0 Å². The zero-order valence-corrected chi connectivity index (χ0v) is 15.4. The molecule has 4 aromatic rings. The molecular weight excluding hydrogens is 342 g/mol. The van der Waals surface area contributed by atoms with Crippen molar-refractivity contribution in [3.05, 3.63) is 115 Å². The van der Waals surface area contributed by atoms with Crippen LogP contribution in [0.2, 0.25) is 0 Å². The molecule has 0 aliphatic carbocycles. The van der Waals surface area contributed by atoms with Crippen molar-refractivity contribution < 1.29 is 0 Å². The van der Waals surface area contributed by atoms with Crippen LogP contribution in [-0.4, -0.2) is 6.21 Å². The molecular formula is C25H21N3. The molecule has 28 heavy (non-hydrogen) atoms. The van der Waals surface area contributed by atoms with Crippen LogP contribution in [0, 0.1) is 0 Å². The Morgan fingerprint density at radius 1 is 0.607 bits per heavy atom. The van der Waals surface area contributed by atoms with E-state index in [4.69, 9.17) is 10.8 Å². The third-order valence-corrected chi connectivity index (χ3v) is 4.54. The first kappa shape index (κ1) is 17.6. The normalized spacial score (nSPS) is 10.9. The van der Waals surface area contributed by atoms with Crippen molar-refractivity contribution in [3.63, 3.8) is 0 Å². The van der Waals surface area contributed by atoms with Gasteiger partial charge in [-0.1, -0.05) is 84.9 Å². The minimum absolute atomic E-state index is 0.721. The number of hydrogen-bond donors (Lipinski definition) is 1. The minimum Gasteiger partial charge on any atom is -0.398 e. The summed E-state index contributed by atoms with van der Waals surface area (Å²) in [6.07, 6.45) is 1.82. The summed E-state index contributed by atoms with van der Waals surface area (Å²) >= 11 is 0. The molecule has 3 heteroatoms. The van der Waals surface area contributed by atoms with Crippen molar-refractivity contribution in [2.75, 3.05) is 10.7 Å². The first-order valence-electron chi connectivity index (χ1n) is 9.21. The molecule has 0 aliphatic heterocycles. The molecule has 0 radical (unpaired) electrons. The molecule has 3 nitrogen and oxygen atoms in total. The van der Waals surface area contributed by atoms with Crippen molar-refractivity contribution in [1.29, 1.82) is 0 Å². The highest BCUT2D eigenvalue weighted by atomic mass is 15.5. The first-order chi connectivity index (χ1) is 13.8. The molecule has 0 atom stereocenters. The number of hydrazone groups is 1. The Bertz CT molecular complexity index is 1020. The maximum atomic E-state index is 6.47. The largest absolute Gasteiger partial charge is 0.398 e. The Morgan fingerprint density at radius 3 is 1.71 bits per heavy atom. The lowest BCUT2D eigenvalue weighted by Gasteiger charge is -2.19. The molecule has 4 aromatic carbocycles. The average molecular weight is 363 g/mol. The second-order valence-corrected chi connectivity index (χ2v) is 6.40. The first-order valence-corrected chi connectivity index (χ1v) is 9.21. The van der Waals surface area contributed by atoms with Crippen molar-refractivity contribution in [2.45, 2.75) is 0 Å². The van der Waals surface area contributed by atoms with E-state index in [0.717, 1.165) is 33.8 Å². The fraction of sp³-hybridized carbons (Fsp3) is 0. The van der Waals surface area contributed by atoms with Gasteiger partial charge in [0.1, 0.15) is 0 Å². The number of anilines is 3. The Hall–Kier alpha value is -3.85. The van der Waals surface area contributed by atoms with Gasteiger partial charge < -0.3 is 5.73 Å². The summed E-state index contributed by atoms with van der Waals surface area (Å²) < 4.78 is 0. The van der Waals surface area contributed by atoms with Crippen LogP contribution < -0.4 is 10.7 Å². The highest BCUT2D eigenvalue weighted by Gasteiger charge is 2.09. The third kappa shape index (κ3) is 3.79. The second kappa shape index (κ2) is 8.23. The molecule has 0 spiro atoms. The number of benzene rings is 4. The lowest BCUT2D eigenvalue weighted by Crippen LogP contribution is -2.09. The SMILES string of the molecule is Nc1c(/C=N/N(c2ccccc2)c2ccccc2)cccc1-c1ccccc1. The van der Waals surface area contributed by atoms with Crippen molar-refractivity contribution in [1.82, 2.24) is 0 Å². The number of nitrogens with two attached hydrogens (primary N) is 1. The van der Waals surface area contributed by atoms with E-state index >= 15 is 0 Å². The Labute approximate surface area is 165 Å². The van der Waals surface area contributed by atoms with Gasteiger partial charge >= 0.3 is 0 Å². The van der Waals surface area contributed by atoms with E-state index in [9.17, 15) is 0 Å². The predicted octanol–water partition coefficient (Wildman–Crippen LogP) is 6.11. The zero-order chi connectivity index (χ0) is 19.2. The predicted molar refractivity (Wildman–Crippen MR) is 119 cm³/mol. The van der Waals surface area contributed by atoms with Gasteiger partial charge in [-0.3, -0.25) is 0 Å². The molecule has 0 heterocycles. The van der Waals surface area contributed by atoms with E-state index in [1.54, 1.807) is 0 Å². The smallest absolute Gasteiger partial charge is 0.0652 e. The lowest BCUT2D eigenvalue weighted by atomic mass is 10.0.